The number of nitrogens with one attached hydrogen (secondary N) is 1. The zero-order valence-corrected chi connectivity index (χ0v) is 14.2. The van der Waals surface area contributed by atoms with Crippen molar-refractivity contribution in [3.63, 3.8) is 0 Å². The number of aryl methyl sites for hydroxylation is 1. The molecule has 2 atom stereocenters. The maximum Gasteiger partial charge on any atom is 0.255 e. The van der Waals surface area contributed by atoms with Gasteiger partial charge in [0.15, 0.2) is 0 Å². The number of hydrogen-bond acceptors (Lipinski definition) is 4. The lowest BCUT2D eigenvalue weighted by Crippen LogP contribution is -2.49. The number of hydrogen-bond donors (Lipinski definition) is 1. The van der Waals surface area contributed by atoms with Gasteiger partial charge in [-0.1, -0.05) is 0 Å². The SMILES string of the molecule is COCCNC(=O)[C@@H]1CC[C@@H](C)N(C(=O)c2cscc2C)C1. The first-order chi connectivity index (χ1) is 10.5. The van der Waals surface area contributed by atoms with Gasteiger partial charge in [0.1, 0.15) is 0 Å². The Kier molecular flexibility index (Phi) is 5.97. The van der Waals surface area contributed by atoms with E-state index in [2.05, 4.69) is 12.2 Å². The van der Waals surface area contributed by atoms with Crippen LogP contribution in [0.3, 0.4) is 0 Å². The van der Waals surface area contributed by atoms with E-state index in [1.807, 2.05) is 22.6 Å². The van der Waals surface area contributed by atoms with Gasteiger partial charge in [0, 0.05) is 31.6 Å². The van der Waals surface area contributed by atoms with Crippen LogP contribution in [-0.4, -0.2) is 49.6 Å². The van der Waals surface area contributed by atoms with E-state index in [1.54, 1.807) is 7.11 Å². The van der Waals surface area contributed by atoms with Crippen molar-refractivity contribution in [1.82, 2.24) is 10.2 Å². The molecule has 2 amide bonds. The Balaban J connectivity index is 2.00. The highest BCUT2D eigenvalue weighted by atomic mass is 32.1. The molecule has 0 aliphatic carbocycles. The van der Waals surface area contributed by atoms with Crippen molar-refractivity contribution >= 4 is 23.2 Å². The Morgan fingerprint density at radius 2 is 2.18 bits per heavy atom. The summed E-state index contributed by atoms with van der Waals surface area (Å²) in [5.41, 5.74) is 1.77. The monoisotopic (exact) mass is 324 g/mol. The Bertz CT molecular complexity index is 529. The standard InChI is InChI=1S/C16H24N2O3S/c1-11-9-22-10-14(11)16(20)18-8-13(5-4-12(18)2)15(19)17-6-7-21-3/h9-10,12-13H,4-8H2,1-3H3,(H,17,19)/t12-,13-/m1/s1. The Morgan fingerprint density at radius 1 is 1.41 bits per heavy atom. The summed E-state index contributed by atoms with van der Waals surface area (Å²) >= 11 is 1.54. The molecule has 5 nitrogen and oxygen atoms in total. The van der Waals surface area contributed by atoms with Crippen molar-refractivity contribution in [2.45, 2.75) is 32.7 Å². The summed E-state index contributed by atoms with van der Waals surface area (Å²) in [5, 5.41) is 6.75. The minimum atomic E-state index is -0.129. The zero-order valence-electron chi connectivity index (χ0n) is 13.4. The fourth-order valence-corrected chi connectivity index (χ4v) is 3.58. The summed E-state index contributed by atoms with van der Waals surface area (Å²) in [5.74, 6) is -0.0691. The number of amides is 2. The van der Waals surface area contributed by atoms with Crippen molar-refractivity contribution in [2.24, 2.45) is 5.92 Å². The molecule has 1 saturated heterocycles. The topological polar surface area (TPSA) is 58.6 Å². The van der Waals surface area contributed by atoms with Crippen molar-refractivity contribution in [2.75, 3.05) is 26.8 Å². The summed E-state index contributed by atoms with van der Waals surface area (Å²) < 4.78 is 4.94. The summed E-state index contributed by atoms with van der Waals surface area (Å²) in [4.78, 5) is 26.7. The summed E-state index contributed by atoms with van der Waals surface area (Å²) in [6.45, 7) is 5.52. The normalized spacial score (nSPS) is 21.7. The highest BCUT2D eigenvalue weighted by Crippen LogP contribution is 2.25. The molecular weight excluding hydrogens is 300 g/mol. The highest BCUT2D eigenvalue weighted by Gasteiger charge is 2.33. The first-order valence-electron chi connectivity index (χ1n) is 7.65. The molecule has 0 aromatic carbocycles. The molecule has 1 aromatic heterocycles. The lowest BCUT2D eigenvalue weighted by molar-refractivity contribution is -0.126. The van der Waals surface area contributed by atoms with Crippen molar-refractivity contribution in [1.29, 1.82) is 0 Å². The summed E-state index contributed by atoms with van der Waals surface area (Å²) in [6.07, 6.45) is 1.68. The summed E-state index contributed by atoms with van der Waals surface area (Å²) in [6, 6.07) is 0.176. The van der Waals surface area contributed by atoms with Crippen LogP contribution >= 0.6 is 11.3 Å². The van der Waals surface area contributed by atoms with Gasteiger partial charge in [-0.2, -0.15) is 11.3 Å². The van der Waals surface area contributed by atoms with Gasteiger partial charge in [0.05, 0.1) is 18.1 Å². The first-order valence-corrected chi connectivity index (χ1v) is 8.59. The molecule has 1 N–H and O–H groups in total. The van der Waals surface area contributed by atoms with Crippen LogP contribution in [0, 0.1) is 12.8 Å². The lowest BCUT2D eigenvalue weighted by Gasteiger charge is -2.37. The molecule has 2 rings (SSSR count). The van der Waals surface area contributed by atoms with Gasteiger partial charge in [-0.3, -0.25) is 9.59 Å². The third-order valence-electron chi connectivity index (χ3n) is 4.21. The second-order valence-corrected chi connectivity index (χ2v) is 6.58. The number of ether oxygens (including phenoxy) is 1. The van der Waals surface area contributed by atoms with E-state index >= 15 is 0 Å². The van der Waals surface area contributed by atoms with E-state index in [0.29, 0.717) is 19.7 Å². The molecule has 1 fully saturated rings. The molecule has 0 unspecified atom stereocenters. The van der Waals surface area contributed by atoms with Crippen molar-refractivity contribution in [3.05, 3.63) is 21.9 Å². The molecule has 1 aliphatic heterocycles. The number of methoxy groups -OCH3 is 1. The number of likely N-dealkylation sites (tertiary alicyclic amines) is 1. The van der Waals surface area contributed by atoms with E-state index in [4.69, 9.17) is 4.74 Å². The van der Waals surface area contributed by atoms with Gasteiger partial charge in [-0.05, 0) is 37.6 Å². The molecule has 0 radical (unpaired) electrons. The minimum absolute atomic E-state index is 0.0174. The molecule has 122 valence electrons. The van der Waals surface area contributed by atoms with Crippen LogP contribution in [0.25, 0.3) is 0 Å². The largest absolute Gasteiger partial charge is 0.383 e. The van der Waals surface area contributed by atoms with E-state index < -0.39 is 0 Å². The number of carbonyl (C=O) groups is 2. The average Bonchev–Trinajstić information content (AvgIpc) is 2.93. The molecule has 22 heavy (non-hydrogen) atoms. The predicted molar refractivity (Wildman–Crippen MR) is 87.2 cm³/mol. The number of nitrogens with zero attached hydrogens (tertiary/aromatic N) is 1. The molecule has 1 aromatic rings. The number of thiophene rings is 1. The first kappa shape index (κ1) is 17.0. The van der Waals surface area contributed by atoms with Crippen LogP contribution in [0.1, 0.15) is 35.7 Å². The number of carbonyl (C=O) groups excluding carboxylic acids is 2. The molecule has 0 spiro atoms. The van der Waals surface area contributed by atoms with E-state index in [-0.39, 0.29) is 23.8 Å². The number of rotatable bonds is 5. The maximum atomic E-state index is 12.7. The van der Waals surface area contributed by atoms with Crippen LogP contribution in [0.5, 0.6) is 0 Å². The van der Waals surface area contributed by atoms with Gasteiger partial charge in [-0.25, -0.2) is 0 Å². The fraction of sp³-hybridized carbons (Fsp3) is 0.625. The minimum Gasteiger partial charge on any atom is -0.383 e. The molecule has 6 heteroatoms. The second-order valence-electron chi connectivity index (χ2n) is 5.83. The third kappa shape index (κ3) is 3.87. The van der Waals surface area contributed by atoms with Crippen LogP contribution in [0.2, 0.25) is 0 Å². The van der Waals surface area contributed by atoms with Crippen LogP contribution in [-0.2, 0) is 9.53 Å². The predicted octanol–water partition coefficient (Wildman–Crippen LogP) is 2.06. The summed E-state index contributed by atoms with van der Waals surface area (Å²) in [7, 11) is 1.61. The van der Waals surface area contributed by atoms with Gasteiger partial charge in [-0.15, -0.1) is 0 Å². The Hall–Kier alpha value is -1.40. The molecule has 1 aliphatic rings. The molecule has 0 bridgehead atoms. The number of piperidine rings is 1. The molecule has 0 saturated carbocycles. The Morgan fingerprint density at radius 3 is 2.82 bits per heavy atom. The lowest BCUT2D eigenvalue weighted by atomic mass is 9.92. The van der Waals surface area contributed by atoms with Gasteiger partial charge in [0.25, 0.3) is 5.91 Å². The van der Waals surface area contributed by atoms with Crippen molar-refractivity contribution < 1.29 is 14.3 Å². The molecular formula is C16H24N2O3S. The van der Waals surface area contributed by atoms with Crippen molar-refractivity contribution in [3.8, 4) is 0 Å². The second kappa shape index (κ2) is 7.74. The zero-order chi connectivity index (χ0) is 16.1. The molecule has 2 heterocycles. The quantitative estimate of drug-likeness (QED) is 0.844. The maximum absolute atomic E-state index is 12.7. The smallest absolute Gasteiger partial charge is 0.255 e. The third-order valence-corrected chi connectivity index (χ3v) is 5.07. The van der Waals surface area contributed by atoms with Gasteiger partial charge < -0.3 is 15.0 Å². The average molecular weight is 324 g/mol. The Labute approximate surface area is 135 Å². The van der Waals surface area contributed by atoms with E-state index in [0.717, 1.165) is 24.0 Å². The van der Waals surface area contributed by atoms with Crippen LogP contribution < -0.4 is 5.32 Å². The van der Waals surface area contributed by atoms with Gasteiger partial charge in [0.2, 0.25) is 5.91 Å². The van der Waals surface area contributed by atoms with Gasteiger partial charge >= 0.3 is 0 Å². The van der Waals surface area contributed by atoms with E-state index in [9.17, 15) is 9.59 Å². The van der Waals surface area contributed by atoms with E-state index in [1.165, 1.54) is 11.3 Å². The van der Waals surface area contributed by atoms with Crippen LogP contribution in [0.15, 0.2) is 10.8 Å². The fourth-order valence-electron chi connectivity index (χ4n) is 2.76. The highest BCUT2D eigenvalue weighted by molar-refractivity contribution is 7.08. The van der Waals surface area contributed by atoms with Crippen LogP contribution in [0.4, 0.5) is 0 Å².